The van der Waals surface area contributed by atoms with E-state index < -0.39 is 17.5 Å². The summed E-state index contributed by atoms with van der Waals surface area (Å²) in [5, 5.41) is 25.0. The zero-order valence-corrected chi connectivity index (χ0v) is 32.8. The molecule has 0 spiro atoms. The van der Waals surface area contributed by atoms with Gasteiger partial charge in [-0.2, -0.15) is 0 Å². The number of tetrazole rings is 2. The van der Waals surface area contributed by atoms with Gasteiger partial charge in [0.25, 0.3) is 0 Å². The fourth-order valence-electron chi connectivity index (χ4n) is 5.33. The fourth-order valence-corrected chi connectivity index (χ4v) is 8.94. The minimum Gasteiger partial charge on any atom is -0.298 e. The van der Waals surface area contributed by atoms with Crippen LogP contribution >= 0.6 is 81.5 Å². The van der Waals surface area contributed by atoms with Crippen molar-refractivity contribution < 1.29 is 24.0 Å². The quantitative estimate of drug-likeness (QED) is 0.0655. The molecule has 0 atom stereocenters. The number of aromatic nitrogens is 8. The maximum atomic E-state index is 12.9. The number of carbonyl (C=O) groups excluding carboxylic acids is 5. The summed E-state index contributed by atoms with van der Waals surface area (Å²) >= 11 is 34.1. The van der Waals surface area contributed by atoms with Gasteiger partial charge in [0.05, 0.1) is 15.6 Å². The molecule has 6 rings (SSSR count). The first kappa shape index (κ1) is 42.6. The number of rotatable bonds is 10. The first-order valence-electron chi connectivity index (χ1n) is 15.5. The summed E-state index contributed by atoms with van der Waals surface area (Å²) in [5.41, 5.74) is 1.48. The van der Waals surface area contributed by atoms with Crippen molar-refractivity contribution in [3.05, 3.63) is 77.2 Å². The third kappa shape index (κ3) is 9.74. The van der Waals surface area contributed by atoms with Gasteiger partial charge in [0.15, 0.2) is 28.9 Å². The minimum absolute atomic E-state index is 0. The number of benzene rings is 2. The number of carbonyl (C=O) groups is 5. The van der Waals surface area contributed by atoms with E-state index in [0.29, 0.717) is 73.7 Å². The van der Waals surface area contributed by atoms with Crippen LogP contribution in [-0.4, -0.2) is 69.3 Å². The van der Waals surface area contributed by atoms with E-state index in [-0.39, 0.29) is 64.4 Å². The van der Waals surface area contributed by atoms with Crippen LogP contribution in [0.5, 0.6) is 0 Å². The SMILES string of the molecule is C.Cn1nnnc1SCc1c(Cl)ccc(C(=O)C2=C(Cl)CCCC2=O)c1Cl.Cn1nnnc1SCc1c(Cl)ccc(C(=O)C2C(=O)CCCC2=O)c1Cl. The number of Topliss-reactive ketones (excluding diaryl/α,β-unsaturated/α-hetero) is 5. The van der Waals surface area contributed by atoms with Crippen molar-refractivity contribution in [3.8, 4) is 0 Å². The summed E-state index contributed by atoms with van der Waals surface area (Å²) < 4.78 is 3.02. The van der Waals surface area contributed by atoms with Crippen molar-refractivity contribution in [1.29, 1.82) is 0 Å². The fraction of sp³-hybridized carbons (Fsp3) is 0.364. The highest BCUT2D eigenvalue weighted by Crippen LogP contribution is 2.37. The number of hydrogen-bond donors (Lipinski definition) is 0. The first-order valence-corrected chi connectivity index (χ1v) is 19.4. The molecular weight excluding hydrogens is 830 g/mol. The highest BCUT2D eigenvalue weighted by molar-refractivity contribution is 7.98. The van der Waals surface area contributed by atoms with E-state index in [1.54, 1.807) is 26.2 Å². The predicted octanol–water partition coefficient (Wildman–Crippen LogP) is 7.80. The molecule has 20 heteroatoms. The van der Waals surface area contributed by atoms with Crippen LogP contribution in [0, 0.1) is 5.92 Å². The lowest BCUT2D eigenvalue weighted by atomic mass is 9.81. The third-order valence-electron chi connectivity index (χ3n) is 8.07. The molecule has 2 aromatic carbocycles. The molecule has 2 heterocycles. The average molecular weight is 861 g/mol. The van der Waals surface area contributed by atoms with Crippen LogP contribution in [0.25, 0.3) is 0 Å². The number of thioether (sulfide) groups is 2. The van der Waals surface area contributed by atoms with Gasteiger partial charge in [0, 0.05) is 82.2 Å². The standard InChI is InChI=1S/C16H13Cl3N4O2S.C16H14Cl2N4O3S.CH4/c1-23-16(20-21-22-23)26-7-9-10(17)6-5-8(14(9)19)15(25)13-11(18)3-2-4-12(13)24;1-22-16(19-20-21-22)26-7-9-10(17)6-5-8(14(9)18)15(25)13-11(23)3-2-4-12(13)24;/h5-6H,2-4,7H2,1H3;5-6,13H,2-4,7H2,1H3;1H4. The van der Waals surface area contributed by atoms with Gasteiger partial charge < -0.3 is 0 Å². The summed E-state index contributed by atoms with van der Waals surface area (Å²) in [7, 11) is 3.42. The first-order chi connectivity index (χ1) is 24.8. The van der Waals surface area contributed by atoms with Gasteiger partial charge in [0.2, 0.25) is 10.3 Å². The summed E-state index contributed by atoms with van der Waals surface area (Å²) in [6.45, 7) is 0. The Labute approximate surface area is 337 Å². The van der Waals surface area contributed by atoms with E-state index in [9.17, 15) is 24.0 Å². The Morgan fingerprint density at radius 1 is 0.717 bits per heavy atom. The van der Waals surface area contributed by atoms with Crippen LogP contribution in [0.2, 0.25) is 20.1 Å². The van der Waals surface area contributed by atoms with Crippen molar-refractivity contribution in [1.82, 2.24) is 40.4 Å². The Morgan fingerprint density at radius 2 is 1.19 bits per heavy atom. The molecule has 0 aliphatic heterocycles. The Hall–Kier alpha value is -3.18. The van der Waals surface area contributed by atoms with Crippen molar-refractivity contribution in [3.63, 3.8) is 0 Å². The molecule has 0 saturated heterocycles. The molecule has 0 amide bonds. The second kappa shape index (κ2) is 18.9. The lowest BCUT2D eigenvalue weighted by molar-refractivity contribution is -0.133. The number of halogens is 5. The maximum Gasteiger partial charge on any atom is 0.209 e. The van der Waals surface area contributed by atoms with Gasteiger partial charge in [-0.15, -0.1) is 10.2 Å². The van der Waals surface area contributed by atoms with Gasteiger partial charge in [-0.3, -0.25) is 24.0 Å². The van der Waals surface area contributed by atoms with Crippen molar-refractivity contribution >= 4 is 110 Å². The number of nitrogens with zero attached hydrogens (tertiary/aromatic N) is 8. The Bertz CT molecular complexity index is 2110. The summed E-state index contributed by atoms with van der Waals surface area (Å²) in [5.74, 6) is -2.53. The van der Waals surface area contributed by atoms with Gasteiger partial charge >= 0.3 is 0 Å². The van der Waals surface area contributed by atoms with E-state index in [4.69, 9.17) is 58.0 Å². The molecule has 0 N–H and O–H groups in total. The van der Waals surface area contributed by atoms with E-state index in [0.717, 1.165) is 0 Å². The van der Waals surface area contributed by atoms with Crippen molar-refractivity contribution in [2.75, 3.05) is 0 Å². The van der Waals surface area contributed by atoms with Crippen molar-refractivity contribution in [2.24, 2.45) is 20.0 Å². The highest BCUT2D eigenvalue weighted by atomic mass is 35.5. The van der Waals surface area contributed by atoms with Crippen LogP contribution in [0.1, 0.15) is 77.8 Å². The number of hydrogen-bond acceptors (Lipinski definition) is 13. The smallest absolute Gasteiger partial charge is 0.209 e. The molecule has 13 nitrogen and oxygen atoms in total. The van der Waals surface area contributed by atoms with E-state index in [1.165, 1.54) is 45.0 Å². The largest absolute Gasteiger partial charge is 0.298 e. The summed E-state index contributed by atoms with van der Waals surface area (Å²) in [6, 6.07) is 6.11. The molecule has 280 valence electrons. The molecule has 53 heavy (non-hydrogen) atoms. The van der Waals surface area contributed by atoms with Crippen LogP contribution in [0.3, 0.4) is 0 Å². The molecule has 0 bridgehead atoms. The van der Waals surface area contributed by atoms with Crippen LogP contribution in [0.4, 0.5) is 0 Å². The monoisotopic (exact) mass is 858 g/mol. The Balaban J connectivity index is 0.000000232. The van der Waals surface area contributed by atoms with E-state index in [2.05, 4.69) is 31.1 Å². The average Bonchev–Trinajstić information content (AvgIpc) is 3.71. The molecular formula is C33H31Cl5N8O5S2. The molecule has 2 aromatic heterocycles. The van der Waals surface area contributed by atoms with E-state index >= 15 is 0 Å². The van der Waals surface area contributed by atoms with Crippen LogP contribution in [0.15, 0.2) is 45.2 Å². The van der Waals surface area contributed by atoms with Crippen molar-refractivity contribution in [2.45, 2.75) is 67.8 Å². The minimum atomic E-state index is -1.26. The number of aryl methyl sites for hydroxylation is 2. The van der Waals surface area contributed by atoms with Gasteiger partial charge in [0.1, 0.15) is 5.92 Å². The van der Waals surface area contributed by atoms with Crippen LogP contribution in [-0.2, 0) is 40.0 Å². The zero-order chi connectivity index (χ0) is 37.7. The molecule has 0 radical (unpaired) electrons. The lowest BCUT2D eigenvalue weighted by Gasteiger charge is -2.19. The lowest BCUT2D eigenvalue weighted by Crippen LogP contribution is -2.35. The maximum absolute atomic E-state index is 12.9. The third-order valence-corrected chi connectivity index (χ3v) is 12.1. The highest BCUT2D eigenvalue weighted by Gasteiger charge is 2.37. The Morgan fingerprint density at radius 3 is 1.66 bits per heavy atom. The number of ketones is 5. The normalized spacial score (nSPS) is 14.9. The molecule has 2 aliphatic carbocycles. The second-order valence-electron chi connectivity index (χ2n) is 11.5. The molecule has 4 aromatic rings. The summed E-state index contributed by atoms with van der Waals surface area (Å²) in [6.07, 6.45) is 2.43. The molecule has 1 fully saturated rings. The van der Waals surface area contributed by atoms with Gasteiger partial charge in [-0.25, -0.2) is 9.36 Å². The zero-order valence-electron chi connectivity index (χ0n) is 27.4. The topological polar surface area (TPSA) is 173 Å². The van der Waals surface area contributed by atoms with Crippen LogP contribution < -0.4 is 0 Å². The molecule has 0 unspecified atom stereocenters. The molecule has 1 saturated carbocycles. The second-order valence-corrected chi connectivity index (χ2v) is 15.4. The molecule has 2 aliphatic rings. The van der Waals surface area contributed by atoms with E-state index in [1.807, 2.05) is 0 Å². The predicted molar refractivity (Wildman–Crippen MR) is 204 cm³/mol. The number of allylic oxidation sites excluding steroid dienone is 2. The van der Waals surface area contributed by atoms with Gasteiger partial charge in [-0.05, 0) is 64.4 Å². The summed E-state index contributed by atoms with van der Waals surface area (Å²) in [4.78, 5) is 61.9. The van der Waals surface area contributed by atoms with Gasteiger partial charge in [-0.1, -0.05) is 89.0 Å². The Kier molecular flexibility index (Phi) is 15.2.